The zero-order valence-electron chi connectivity index (χ0n) is 10.8. The number of carbonyl (C=O) groups is 1. The topological polar surface area (TPSA) is 87.0 Å². The molecule has 1 atom stereocenters. The number of aromatic hydroxyl groups is 2. The van der Waals surface area contributed by atoms with Crippen LogP contribution < -0.4 is 4.74 Å². The van der Waals surface area contributed by atoms with Crippen LogP contribution in [0.25, 0.3) is 0 Å². The number of rotatable bonds is 4. The minimum Gasteiger partial charge on any atom is -0.508 e. The Kier molecular flexibility index (Phi) is 3.91. The monoisotopic (exact) mass is 274 g/mol. The number of aliphatic hydroxyl groups excluding tert-OH is 1. The summed E-state index contributed by atoms with van der Waals surface area (Å²) in [6, 6.07) is 9.98. The van der Waals surface area contributed by atoms with Crippen molar-refractivity contribution in [3.05, 3.63) is 53.6 Å². The molecule has 0 amide bonds. The molecule has 0 saturated heterocycles. The standard InChI is InChI=1S/C15H14O5/c1-20-11-5-2-9(3-6-11)14(18)15(19)12-7-4-10(16)8-13(12)17/h2-8,14,16-18H,1H3. The normalized spacial score (nSPS) is 11.9. The van der Waals surface area contributed by atoms with Gasteiger partial charge in [0.05, 0.1) is 12.7 Å². The van der Waals surface area contributed by atoms with Gasteiger partial charge in [0, 0.05) is 6.07 Å². The number of phenolic OH excluding ortho intramolecular Hbond substituents is 2. The Morgan fingerprint density at radius 3 is 2.30 bits per heavy atom. The van der Waals surface area contributed by atoms with Crippen molar-refractivity contribution in [2.45, 2.75) is 6.10 Å². The third kappa shape index (κ3) is 2.73. The minimum absolute atomic E-state index is 0.0499. The fourth-order valence-corrected chi connectivity index (χ4v) is 1.81. The third-order valence-corrected chi connectivity index (χ3v) is 2.93. The van der Waals surface area contributed by atoms with E-state index in [1.165, 1.54) is 19.2 Å². The molecule has 2 aromatic carbocycles. The summed E-state index contributed by atoms with van der Waals surface area (Å²) in [5.74, 6) is -0.561. The molecule has 104 valence electrons. The summed E-state index contributed by atoms with van der Waals surface area (Å²) in [6.45, 7) is 0. The van der Waals surface area contributed by atoms with E-state index in [9.17, 15) is 20.1 Å². The molecule has 5 heteroatoms. The van der Waals surface area contributed by atoms with Crippen LogP contribution in [0.3, 0.4) is 0 Å². The Labute approximate surface area is 115 Å². The van der Waals surface area contributed by atoms with Gasteiger partial charge in [0.1, 0.15) is 23.4 Å². The van der Waals surface area contributed by atoms with Crippen LogP contribution in [0.2, 0.25) is 0 Å². The highest BCUT2D eigenvalue weighted by molar-refractivity contribution is 6.02. The van der Waals surface area contributed by atoms with Gasteiger partial charge in [0.15, 0.2) is 5.78 Å². The summed E-state index contributed by atoms with van der Waals surface area (Å²) in [5, 5.41) is 28.8. The van der Waals surface area contributed by atoms with Crippen LogP contribution in [-0.4, -0.2) is 28.2 Å². The molecule has 0 heterocycles. The maximum absolute atomic E-state index is 12.1. The van der Waals surface area contributed by atoms with E-state index in [4.69, 9.17) is 4.74 Å². The number of aliphatic hydroxyl groups is 1. The van der Waals surface area contributed by atoms with Crippen LogP contribution in [-0.2, 0) is 0 Å². The molecule has 0 spiro atoms. The van der Waals surface area contributed by atoms with Crippen molar-refractivity contribution in [2.75, 3.05) is 7.11 Å². The Balaban J connectivity index is 2.27. The minimum atomic E-state index is -1.39. The maximum Gasteiger partial charge on any atom is 0.199 e. The van der Waals surface area contributed by atoms with Crippen LogP contribution in [0.1, 0.15) is 22.0 Å². The molecule has 0 radical (unpaired) electrons. The number of carbonyl (C=O) groups excluding carboxylic acids is 1. The Morgan fingerprint density at radius 2 is 1.75 bits per heavy atom. The lowest BCUT2D eigenvalue weighted by atomic mass is 9.99. The lowest BCUT2D eigenvalue weighted by Gasteiger charge is -2.12. The van der Waals surface area contributed by atoms with Gasteiger partial charge >= 0.3 is 0 Å². The van der Waals surface area contributed by atoms with Gasteiger partial charge in [-0.3, -0.25) is 4.79 Å². The first-order valence-corrected chi connectivity index (χ1v) is 5.91. The first kappa shape index (κ1) is 13.9. The zero-order valence-corrected chi connectivity index (χ0v) is 10.8. The number of hydrogen-bond acceptors (Lipinski definition) is 5. The quantitative estimate of drug-likeness (QED) is 0.742. The van der Waals surface area contributed by atoms with E-state index < -0.39 is 11.9 Å². The van der Waals surface area contributed by atoms with Crippen molar-refractivity contribution in [1.82, 2.24) is 0 Å². The van der Waals surface area contributed by atoms with Crippen molar-refractivity contribution in [3.63, 3.8) is 0 Å². The van der Waals surface area contributed by atoms with E-state index >= 15 is 0 Å². The molecule has 1 unspecified atom stereocenters. The first-order valence-electron chi connectivity index (χ1n) is 5.91. The summed E-state index contributed by atoms with van der Waals surface area (Å²) in [6.07, 6.45) is -1.39. The van der Waals surface area contributed by atoms with Crippen molar-refractivity contribution in [3.8, 4) is 17.2 Å². The van der Waals surface area contributed by atoms with Gasteiger partial charge in [-0.2, -0.15) is 0 Å². The van der Waals surface area contributed by atoms with Crippen molar-refractivity contribution < 1.29 is 24.9 Å². The highest BCUT2D eigenvalue weighted by atomic mass is 16.5. The van der Waals surface area contributed by atoms with E-state index in [1.807, 2.05) is 0 Å². The Bertz CT molecular complexity index is 619. The molecule has 0 saturated carbocycles. The fraction of sp³-hybridized carbons (Fsp3) is 0.133. The lowest BCUT2D eigenvalue weighted by molar-refractivity contribution is 0.0744. The van der Waals surface area contributed by atoms with Gasteiger partial charge in [-0.1, -0.05) is 12.1 Å². The van der Waals surface area contributed by atoms with Gasteiger partial charge in [-0.25, -0.2) is 0 Å². The number of ketones is 1. The van der Waals surface area contributed by atoms with Crippen LogP contribution in [0.15, 0.2) is 42.5 Å². The molecule has 0 aliphatic rings. The van der Waals surface area contributed by atoms with E-state index in [0.717, 1.165) is 6.07 Å². The second-order valence-corrected chi connectivity index (χ2v) is 4.24. The molecule has 0 aliphatic heterocycles. The molecular weight excluding hydrogens is 260 g/mol. The molecular formula is C15H14O5. The lowest BCUT2D eigenvalue weighted by Crippen LogP contribution is -2.12. The van der Waals surface area contributed by atoms with Gasteiger partial charge in [-0.15, -0.1) is 0 Å². The molecule has 3 N–H and O–H groups in total. The number of hydrogen-bond donors (Lipinski definition) is 3. The third-order valence-electron chi connectivity index (χ3n) is 2.93. The molecule has 0 aliphatic carbocycles. The van der Waals surface area contributed by atoms with Gasteiger partial charge in [-0.05, 0) is 29.8 Å². The molecule has 2 aromatic rings. The summed E-state index contributed by atoms with van der Waals surface area (Å²) < 4.78 is 4.99. The van der Waals surface area contributed by atoms with Gasteiger partial charge in [0.25, 0.3) is 0 Å². The number of ether oxygens (including phenoxy) is 1. The van der Waals surface area contributed by atoms with Crippen molar-refractivity contribution in [1.29, 1.82) is 0 Å². The number of phenols is 2. The molecule has 0 bridgehead atoms. The predicted octanol–water partition coefficient (Wildman–Crippen LogP) is 2.02. The Hall–Kier alpha value is -2.53. The number of methoxy groups -OCH3 is 1. The first-order chi connectivity index (χ1) is 9.52. The van der Waals surface area contributed by atoms with Crippen LogP contribution in [0, 0.1) is 0 Å². The second kappa shape index (κ2) is 5.63. The summed E-state index contributed by atoms with van der Waals surface area (Å²) in [7, 11) is 1.52. The van der Waals surface area contributed by atoms with E-state index in [2.05, 4.69) is 0 Å². The molecule has 0 fully saturated rings. The average Bonchev–Trinajstić information content (AvgIpc) is 2.46. The predicted molar refractivity (Wildman–Crippen MR) is 72.1 cm³/mol. The molecule has 5 nitrogen and oxygen atoms in total. The van der Waals surface area contributed by atoms with E-state index in [1.54, 1.807) is 24.3 Å². The van der Waals surface area contributed by atoms with Crippen LogP contribution in [0.4, 0.5) is 0 Å². The highest BCUT2D eigenvalue weighted by Gasteiger charge is 2.22. The summed E-state index contributed by atoms with van der Waals surface area (Å²) >= 11 is 0. The average molecular weight is 274 g/mol. The SMILES string of the molecule is COc1ccc(C(O)C(=O)c2ccc(O)cc2O)cc1. The Morgan fingerprint density at radius 1 is 1.10 bits per heavy atom. The van der Waals surface area contributed by atoms with Gasteiger partial charge in [0.2, 0.25) is 0 Å². The molecule has 2 rings (SSSR count). The number of benzene rings is 2. The van der Waals surface area contributed by atoms with Crippen molar-refractivity contribution in [2.24, 2.45) is 0 Å². The van der Waals surface area contributed by atoms with E-state index in [-0.39, 0.29) is 17.1 Å². The fourth-order valence-electron chi connectivity index (χ4n) is 1.81. The summed E-state index contributed by atoms with van der Waals surface area (Å²) in [5.41, 5.74) is 0.342. The molecule has 20 heavy (non-hydrogen) atoms. The largest absolute Gasteiger partial charge is 0.508 e. The maximum atomic E-state index is 12.1. The van der Waals surface area contributed by atoms with Gasteiger partial charge < -0.3 is 20.1 Å². The summed E-state index contributed by atoms with van der Waals surface area (Å²) in [4.78, 5) is 12.1. The van der Waals surface area contributed by atoms with Crippen molar-refractivity contribution >= 4 is 5.78 Å². The number of Topliss-reactive ketones (excluding diaryl/α,β-unsaturated/α-hetero) is 1. The second-order valence-electron chi connectivity index (χ2n) is 4.24. The van der Waals surface area contributed by atoms with E-state index in [0.29, 0.717) is 11.3 Å². The highest BCUT2D eigenvalue weighted by Crippen LogP contribution is 2.28. The smallest absolute Gasteiger partial charge is 0.199 e. The van der Waals surface area contributed by atoms with Crippen LogP contribution in [0.5, 0.6) is 17.2 Å². The molecule has 0 aromatic heterocycles. The zero-order chi connectivity index (χ0) is 14.7. The van der Waals surface area contributed by atoms with Crippen LogP contribution >= 0.6 is 0 Å².